The van der Waals surface area contributed by atoms with Crippen LogP contribution in [0.2, 0.25) is 0 Å². The van der Waals surface area contributed by atoms with Crippen molar-refractivity contribution in [1.82, 2.24) is 0 Å². The number of rotatable bonds is 4. The molecule has 0 fully saturated rings. The van der Waals surface area contributed by atoms with Crippen molar-refractivity contribution < 1.29 is 24.1 Å². The molecule has 0 N–H and O–H groups in total. The van der Waals surface area contributed by atoms with Gasteiger partial charge in [-0.1, -0.05) is 0 Å². The van der Waals surface area contributed by atoms with Crippen LogP contribution in [0.25, 0.3) is 0 Å². The molecule has 0 heterocycles. The van der Waals surface area contributed by atoms with Crippen LogP contribution in [0.3, 0.4) is 0 Å². The molecule has 0 rings (SSSR count). The van der Waals surface area contributed by atoms with Crippen molar-refractivity contribution in [1.29, 1.82) is 0 Å². The fourth-order valence-corrected chi connectivity index (χ4v) is 3.73. The number of allylic oxidation sites excluding steroid dienone is 3. The number of hydrogen-bond donors (Lipinski definition) is 1. The van der Waals surface area contributed by atoms with Gasteiger partial charge < -0.3 is 0 Å². The minimum absolute atomic E-state index is 0.0993. The topological polar surface area (TPSA) is 17.1 Å². The molecule has 76 valence electrons. The number of carbonyl (C=O) groups excluding carboxylic acids is 1. The third-order valence-electron chi connectivity index (χ3n) is 1.26. The first-order valence-electron chi connectivity index (χ1n) is 3.94. The Hall–Kier alpha value is 0.148. The number of hydrogen-bond acceptors (Lipinski definition) is 3. The molecule has 0 bridgehead atoms. The summed E-state index contributed by atoms with van der Waals surface area (Å²) >= 11 is 6.82. The third-order valence-corrected chi connectivity index (χ3v) is 4.06. The van der Waals surface area contributed by atoms with Gasteiger partial charge >= 0.3 is 106 Å². The molecule has 0 atom stereocenters. The second kappa shape index (κ2) is 7.44. The average molecular weight is 396 g/mol. The van der Waals surface area contributed by atoms with Crippen LogP contribution in [-0.2, 0) is 24.1 Å². The summed E-state index contributed by atoms with van der Waals surface area (Å²) in [6.45, 7) is 7.16. The zero-order chi connectivity index (χ0) is 11.1. The Morgan fingerprint density at radius 2 is 2.14 bits per heavy atom. The van der Waals surface area contributed by atoms with Crippen LogP contribution in [-0.4, -0.2) is 8.35 Å². The summed E-state index contributed by atoms with van der Waals surface area (Å²) in [5.74, 6) is 0. The maximum atomic E-state index is 10.9. The predicted molar refractivity (Wildman–Crippen MR) is 64.3 cm³/mol. The van der Waals surface area contributed by atoms with Gasteiger partial charge in [0.15, 0.2) is 0 Å². The summed E-state index contributed by atoms with van der Waals surface area (Å²) in [6, 6.07) is 0. The standard InChI is InChI=1S/C10H12OS2.W/c1-4-6-9(10(12)5-2)7-13-8(3)11;/h4-6,12H,2H2,1,3H3;/b6-4-,10-9-;. The quantitative estimate of drug-likeness (QED) is 0.582. The van der Waals surface area contributed by atoms with E-state index < -0.39 is 0 Å². The summed E-state index contributed by atoms with van der Waals surface area (Å²) in [5.41, 5.74) is 0.987. The van der Waals surface area contributed by atoms with E-state index in [0.717, 1.165) is 13.7 Å². The van der Waals surface area contributed by atoms with Crippen molar-refractivity contribution >= 4 is 32.7 Å². The van der Waals surface area contributed by atoms with Crippen LogP contribution >= 0.6 is 24.4 Å². The SMILES string of the molecule is C=C/C(S)=C(\C=C/C)[C](=[W])SC(C)=O. The fourth-order valence-electron chi connectivity index (χ4n) is 0.720. The van der Waals surface area contributed by atoms with E-state index in [1.807, 2.05) is 19.1 Å². The van der Waals surface area contributed by atoms with E-state index in [2.05, 4.69) is 19.2 Å². The van der Waals surface area contributed by atoms with Gasteiger partial charge in [0.1, 0.15) is 0 Å². The second-order valence-corrected chi connectivity index (χ2v) is 6.55. The first-order valence-corrected chi connectivity index (χ1v) is 6.67. The monoisotopic (exact) mass is 396 g/mol. The Kier molecular flexibility index (Phi) is 7.52. The Morgan fingerprint density at radius 1 is 1.57 bits per heavy atom. The summed E-state index contributed by atoms with van der Waals surface area (Å²) < 4.78 is 1.03. The van der Waals surface area contributed by atoms with Gasteiger partial charge in [0.25, 0.3) is 0 Å². The molecule has 0 aromatic heterocycles. The number of carbonyl (C=O) groups is 1. The summed E-state index contributed by atoms with van der Waals surface area (Å²) in [7, 11) is 0. The van der Waals surface area contributed by atoms with E-state index in [-0.39, 0.29) is 5.12 Å². The van der Waals surface area contributed by atoms with Gasteiger partial charge in [-0.3, -0.25) is 0 Å². The Labute approximate surface area is 106 Å². The van der Waals surface area contributed by atoms with Gasteiger partial charge in [-0.2, -0.15) is 0 Å². The molecular formula is C10H12OS2W. The van der Waals surface area contributed by atoms with Crippen molar-refractivity contribution in [2.24, 2.45) is 0 Å². The van der Waals surface area contributed by atoms with E-state index in [0.29, 0.717) is 0 Å². The van der Waals surface area contributed by atoms with E-state index >= 15 is 0 Å². The molecule has 0 saturated carbocycles. The third kappa shape index (κ3) is 5.13. The summed E-state index contributed by atoms with van der Waals surface area (Å²) in [5, 5.41) is 0.0993. The second-order valence-electron chi connectivity index (χ2n) is 2.38. The molecule has 0 aromatic carbocycles. The molecule has 0 spiro atoms. The average Bonchev–Trinajstić information content (AvgIpc) is 2.11. The van der Waals surface area contributed by atoms with Gasteiger partial charge in [-0.15, -0.1) is 0 Å². The van der Waals surface area contributed by atoms with Crippen LogP contribution in [0.5, 0.6) is 0 Å². The van der Waals surface area contributed by atoms with Gasteiger partial charge in [0.2, 0.25) is 0 Å². The maximum absolute atomic E-state index is 10.9. The molecule has 1 nitrogen and oxygen atoms in total. The molecule has 0 amide bonds. The van der Waals surface area contributed by atoms with E-state index in [4.69, 9.17) is 0 Å². The Balaban J connectivity index is 4.94. The molecule has 0 saturated heterocycles. The zero-order valence-corrected chi connectivity index (χ0v) is 12.8. The molecule has 0 aliphatic rings. The molecule has 0 radical (unpaired) electrons. The molecule has 0 unspecified atom stereocenters. The first kappa shape index (κ1) is 14.1. The van der Waals surface area contributed by atoms with Crippen molar-refractivity contribution in [3.8, 4) is 0 Å². The Morgan fingerprint density at radius 3 is 2.50 bits per heavy atom. The first-order chi connectivity index (χ1) is 6.52. The molecule has 0 aliphatic carbocycles. The molecule has 4 heteroatoms. The van der Waals surface area contributed by atoms with Crippen LogP contribution in [0.4, 0.5) is 0 Å². The molecule has 0 aliphatic heterocycles. The van der Waals surface area contributed by atoms with E-state index in [1.165, 1.54) is 31.1 Å². The van der Waals surface area contributed by atoms with Gasteiger partial charge in [-0.05, 0) is 0 Å². The minimum atomic E-state index is 0.0993. The summed E-state index contributed by atoms with van der Waals surface area (Å²) in [6.07, 6.45) is 5.56. The fraction of sp³-hybridized carbons (Fsp3) is 0.200. The van der Waals surface area contributed by atoms with E-state index in [9.17, 15) is 4.79 Å². The molecular weight excluding hydrogens is 384 g/mol. The van der Waals surface area contributed by atoms with E-state index in [1.54, 1.807) is 13.0 Å². The zero-order valence-electron chi connectivity index (χ0n) is 8.11. The van der Waals surface area contributed by atoms with Crippen molar-refractivity contribution in [2.45, 2.75) is 13.8 Å². The van der Waals surface area contributed by atoms with Crippen molar-refractivity contribution in [3.63, 3.8) is 0 Å². The molecule has 14 heavy (non-hydrogen) atoms. The van der Waals surface area contributed by atoms with Crippen LogP contribution in [0, 0.1) is 0 Å². The normalized spacial score (nSPS) is 12.5. The number of thioether (sulfide) groups is 1. The van der Waals surface area contributed by atoms with Crippen LogP contribution < -0.4 is 0 Å². The van der Waals surface area contributed by atoms with Gasteiger partial charge in [-0.25, -0.2) is 0 Å². The van der Waals surface area contributed by atoms with Gasteiger partial charge in [0.05, 0.1) is 0 Å². The van der Waals surface area contributed by atoms with Gasteiger partial charge in [0, 0.05) is 0 Å². The van der Waals surface area contributed by atoms with Crippen LogP contribution in [0.15, 0.2) is 35.3 Å². The Bertz CT molecular complexity index is 316. The molecule has 0 aromatic rings. The van der Waals surface area contributed by atoms with Crippen molar-refractivity contribution in [3.05, 3.63) is 35.3 Å². The van der Waals surface area contributed by atoms with Crippen molar-refractivity contribution in [2.75, 3.05) is 0 Å². The summed E-state index contributed by atoms with van der Waals surface area (Å²) in [4.78, 5) is 11.7. The number of thiol groups is 1. The predicted octanol–water partition coefficient (Wildman–Crippen LogP) is 2.89. The van der Waals surface area contributed by atoms with Crippen LogP contribution in [0.1, 0.15) is 13.8 Å².